The van der Waals surface area contributed by atoms with Gasteiger partial charge in [0.25, 0.3) is 0 Å². The second-order valence-corrected chi connectivity index (χ2v) is 3.09. The summed E-state index contributed by atoms with van der Waals surface area (Å²) in [6, 6.07) is 0. The molecule has 2 nitrogen and oxygen atoms in total. The third-order valence-corrected chi connectivity index (χ3v) is 0.175. The Morgan fingerprint density at radius 3 is 1.78 bits per heavy atom. The maximum atomic E-state index is 9.25. The fourth-order valence-electron chi connectivity index (χ4n) is 0. The molecule has 0 aromatic carbocycles. The lowest BCUT2D eigenvalue weighted by Gasteiger charge is -1.64. The topological polar surface area (TPSA) is 37.3 Å². The van der Waals surface area contributed by atoms with E-state index < -0.39 is 5.97 Å². The van der Waals surface area contributed by atoms with E-state index in [1.165, 1.54) is 0 Å². The molecule has 0 aliphatic heterocycles. The van der Waals surface area contributed by atoms with Crippen molar-refractivity contribution in [2.75, 3.05) is 0 Å². The van der Waals surface area contributed by atoms with Gasteiger partial charge in [-0.2, -0.15) is 0 Å². The number of hydrogen-bond donors (Lipinski definition) is 3. The SMILES string of the molecule is C=CC(=O)O.S=C(S)S. The van der Waals surface area contributed by atoms with E-state index in [-0.39, 0.29) is 0 Å². The maximum Gasteiger partial charge on any atom is 0.327 e. The van der Waals surface area contributed by atoms with Crippen LogP contribution >= 0.6 is 37.5 Å². The molecule has 0 radical (unpaired) electrons. The van der Waals surface area contributed by atoms with E-state index in [0.29, 0.717) is 3.53 Å². The van der Waals surface area contributed by atoms with E-state index in [2.05, 4.69) is 44.1 Å². The molecule has 0 bridgehead atoms. The average Bonchev–Trinajstić information content (AvgIpc) is 1.65. The van der Waals surface area contributed by atoms with Crippen molar-refractivity contribution in [1.82, 2.24) is 0 Å². The van der Waals surface area contributed by atoms with Crippen LogP contribution in [0.1, 0.15) is 0 Å². The van der Waals surface area contributed by atoms with Gasteiger partial charge >= 0.3 is 5.97 Å². The minimum atomic E-state index is -0.981. The van der Waals surface area contributed by atoms with Crippen LogP contribution in [-0.2, 0) is 4.79 Å². The highest BCUT2D eigenvalue weighted by molar-refractivity contribution is 8.34. The van der Waals surface area contributed by atoms with Gasteiger partial charge in [-0.15, -0.1) is 25.3 Å². The van der Waals surface area contributed by atoms with Crippen molar-refractivity contribution >= 4 is 47.0 Å². The maximum absolute atomic E-state index is 9.25. The smallest absolute Gasteiger partial charge is 0.327 e. The van der Waals surface area contributed by atoms with Crippen molar-refractivity contribution < 1.29 is 9.90 Å². The molecule has 5 heteroatoms. The number of hydrogen-bond acceptors (Lipinski definition) is 2. The molecular formula is C4H6O2S3. The quantitative estimate of drug-likeness (QED) is 0.326. The molecule has 0 aromatic heterocycles. The molecule has 0 atom stereocenters. The monoisotopic (exact) mass is 182 g/mol. The average molecular weight is 182 g/mol. The van der Waals surface area contributed by atoms with Gasteiger partial charge in [0.05, 0.1) is 3.53 Å². The lowest BCUT2D eigenvalue weighted by atomic mass is 10.7. The minimum Gasteiger partial charge on any atom is -0.478 e. The highest BCUT2D eigenvalue weighted by Gasteiger charge is 1.73. The van der Waals surface area contributed by atoms with Gasteiger partial charge in [-0.1, -0.05) is 18.8 Å². The summed E-state index contributed by atoms with van der Waals surface area (Å²) >= 11 is 11.4. The second-order valence-electron chi connectivity index (χ2n) is 0.825. The first-order valence-electron chi connectivity index (χ1n) is 1.78. The van der Waals surface area contributed by atoms with Crippen LogP contribution in [0.15, 0.2) is 12.7 Å². The van der Waals surface area contributed by atoms with Crippen molar-refractivity contribution in [3.8, 4) is 0 Å². The minimum absolute atomic E-state index is 0.389. The number of carboxylic acid groups (broad SMARTS) is 1. The van der Waals surface area contributed by atoms with Crippen LogP contribution in [0.4, 0.5) is 0 Å². The van der Waals surface area contributed by atoms with Gasteiger partial charge in [-0.3, -0.25) is 0 Å². The van der Waals surface area contributed by atoms with Crippen LogP contribution in [0.5, 0.6) is 0 Å². The van der Waals surface area contributed by atoms with Crippen LogP contribution < -0.4 is 0 Å². The number of thiol groups is 2. The van der Waals surface area contributed by atoms with Crippen molar-refractivity contribution in [3.05, 3.63) is 12.7 Å². The lowest BCUT2D eigenvalue weighted by Crippen LogP contribution is -1.82. The molecule has 0 rings (SSSR count). The van der Waals surface area contributed by atoms with E-state index >= 15 is 0 Å². The summed E-state index contributed by atoms with van der Waals surface area (Å²) in [6.07, 6.45) is 0.833. The molecule has 0 fully saturated rings. The van der Waals surface area contributed by atoms with Crippen molar-refractivity contribution in [3.63, 3.8) is 0 Å². The molecule has 0 heterocycles. The Kier molecular flexibility index (Phi) is 10.4. The summed E-state index contributed by atoms with van der Waals surface area (Å²) in [5.41, 5.74) is 0. The predicted octanol–water partition coefficient (Wildman–Crippen LogP) is 1.39. The Bertz CT molecular complexity index is 117. The third-order valence-electron chi connectivity index (χ3n) is 0.175. The van der Waals surface area contributed by atoms with Crippen LogP contribution in [0.25, 0.3) is 0 Å². The summed E-state index contributed by atoms with van der Waals surface area (Å²) in [4.78, 5) is 9.25. The van der Waals surface area contributed by atoms with Crippen molar-refractivity contribution in [2.24, 2.45) is 0 Å². The molecule has 52 valence electrons. The number of rotatable bonds is 1. The van der Waals surface area contributed by atoms with E-state index in [0.717, 1.165) is 6.08 Å². The Labute approximate surface area is 69.8 Å². The normalized spacial score (nSPS) is 6.44. The largest absolute Gasteiger partial charge is 0.478 e. The number of aliphatic carboxylic acids is 1. The summed E-state index contributed by atoms with van der Waals surface area (Å²) in [5, 5.41) is 7.60. The summed E-state index contributed by atoms with van der Waals surface area (Å²) in [7, 11) is 0. The van der Waals surface area contributed by atoms with E-state index in [9.17, 15) is 4.79 Å². The molecule has 1 N–H and O–H groups in total. The van der Waals surface area contributed by atoms with Gasteiger partial charge in [-0.25, -0.2) is 4.79 Å². The van der Waals surface area contributed by atoms with Gasteiger partial charge in [0, 0.05) is 6.08 Å². The van der Waals surface area contributed by atoms with Gasteiger partial charge in [0.2, 0.25) is 0 Å². The molecule has 0 amide bonds. The van der Waals surface area contributed by atoms with Gasteiger partial charge in [0.15, 0.2) is 0 Å². The molecular weight excluding hydrogens is 176 g/mol. The fourth-order valence-corrected chi connectivity index (χ4v) is 0. The van der Waals surface area contributed by atoms with E-state index in [1.807, 2.05) is 0 Å². The van der Waals surface area contributed by atoms with Gasteiger partial charge in [0.1, 0.15) is 0 Å². The Balaban J connectivity index is 0. The van der Waals surface area contributed by atoms with Crippen LogP contribution in [-0.4, -0.2) is 14.6 Å². The first kappa shape index (κ1) is 11.8. The zero-order chi connectivity index (χ0) is 7.86. The highest BCUT2D eigenvalue weighted by Crippen LogP contribution is 1.83. The first-order valence-corrected chi connectivity index (χ1v) is 3.08. The third kappa shape index (κ3) is 72.0. The van der Waals surface area contributed by atoms with Crippen LogP contribution in [0, 0.1) is 0 Å². The second kappa shape index (κ2) is 8.00. The Morgan fingerprint density at radius 1 is 1.67 bits per heavy atom. The Hall–Kier alpha value is -0.000000000000000111. The zero-order valence-electron chi connectivity index (χ0n) is 4.44. The van der Waals surface area contributed by atoms with Crippen LogP contribution in [0.2, 0.25) is 0 Å². The summed E-state index contributed by atoms with van der Waals surface area (Å²) < 4.78 is 0.389. The van der Waals surface area contributed by atoms with Gasteiger partial charge < -0.3 is 5.11 Å². The number of thiocarbonyl (C=S) groups is 1. The number of carbonyl (C=O) groups is 1. The first-order chi connectivity index (χ1) is 4.00. The molecule has 0 aromatic rings. The fraction of sp³-hybridized carbons (Fsp3) is 0. The van der Waals surface area contributed by atoms with E-state index in [4.69, 9.17) is 5.11 Å². The lowest BCUT2D eigenvalue weighted by molar-refractivity contribution is -0.131. The Morgan fingerprint density at radius 2 is 1.78 bits per heavy atom. The predicted molar refractivity (Wildman–Crippen MR) is 48.4 cm³/mol. The molecule has 0 spiro atoms. The van der Waals surface area contributed by atoms with Gasteiger partial charge in [-0.05, 0) is 0 Å². The van der Waals surface area contributed by atoms with E-state index in [1.54, 1.807) is 0 Å². The summed E-state index contributed by atoms with van der Waals surface area (Å²) in [6.45, 7) is 2.96. The molecule has 0 unspecified atom stereocenters. The van der Waals surface area contributed by atoms with Crippen LogP contribution in [0.3, 0.4) is 0 Å². The molecule has 0 aliphatic rings. The highest BCUT2D eigenvalue weighted by atomic mass is 32.2. The standard InChI is InChI=1S/C3H4O2.CH2S3/c1-2-3(4)5;2-1(3)4/h2H,1H2,(H,4,5);(H2,2,3,4). The van der Waals surface area contributed by atoms with Crippen molar-refractivity contribution in [1.29, 1.82) is 0 Å². The molecule has 0 saturated carbocycles. The molecule has 9 heavy (non-hydrogen) atoms. The molecule has 0 aliphatic carbocycles. The summed E-state index contributed by atoms with van der Waals surface area (Å²) in [5.74, 6) is -0.981. The number of carboxylic acids is 1. The molecule has 0 saturated heterocycles. The van der Waals surface area contributed by atoms with Crippen molar-refractivity contribution in [2.45, 2.75) is 0 Å². The zero-order valence-corrected chi connectivity index (χ0v) is 7.05.